The second-order valence-corrected chi connectivity index (χ2v) is 8.81. The van der Waals surface area contributed by atoms with Gasteiger partial charge in [0.1, 0.15) is 6.04 Å². The van der Waals surface area contributed by atoms with Crippen molar-refractivity contribution < 1.29 is 14.3 Å². The first-order chi connectivity index (χ1) is 16.1. The summed E-state index contributed by atoms with van der Waals surface area (Å²) in [5, 5.41) is 0. The van der Waals surface area contributed by atoms with Gasteiger partial charge in [0.05, 0.1) is 19.8 Å². The fourth-order valence-electron chi connectivity index (χ4n) is 4.58. The molecule has 2 aromatic carbocycles. The van der Waals surface area contributed by atoms with Gasteiger partial charge in [-0.3, -0.25) is 19.4 Å². The zero-order valence-corrected chi connectivity index (χ0v) is 19.4. The highest BCUT2D eigenvalue weighted by Crippen LogP contribution is 2.23. The Morgan fingerprint density at radius 2 is 1.45 bits per heavy atom. The van der Waals surface area contributed by atoms with Gasteiger partial charge < -0.3 is 14.5 Å². The monoisotopic (exact) mass is 450 g/mol. The largest absolute Gasteiger partial charge is 0.378 e. The number of carbonyl (C=O) groups excluding carboxylic acids is 2. The normalized spacial score (nSPS) is 18.4. The Balaban J connectivity index is 1.36. The molecule has 2 aliphatic heterocycles. The van der Waals surface area contributed by atoms with Gasteiger partial charge in [0.2, 0.25) is 11.8 Å². The van der Waals surface area contributed by atoms with Crippen LogP contribution in [0.25, 0.3) is 0 Å². The number of ether oxygens (including phenoxy) is 1. The molecule has 7 nitrogen and oxygen atoms in total. The Kier molecular flexibility index (Phi) is 8.10. The maximum atomic E-state index is 13.4. The smallest absolute Gasteiger partial charge is 0.244 e. The Morgan fingerprint density at radius 1 is 0.848 bits per heavy atom. The predicted molar refractivity (Wildman–Crippen MR) is 128 cm³/mol. The van der Waals surface area contributed by atoms with E-state index in [0.29, 0.717) is 39.4 Å². The lowest BCUT2D eigenvalue weighted by Crippen LogP contribution is -2.52. The number of morpholine rings is 1. The van der Waals surface area contributed by atoms with Gasteiger partial charge in [-0.2, -0.15) is 0 Å². The van der Waals surface area contributed by atoms with Crippen LogP contribution in [0.15, 0.2) is 60.7 Å². The van der Waals surface area contributed by atoms with Crippen molar-refractivity contribution in [1.82, 2.24) is 19.6 Å². The van der Waals surface area contributed by atoms with Crippen LogP contribution in [-0.2, 0) is 20.9 Å². The van der Waals surface area contributed by atoms with E-state index in [1.165, 1.54) is 5.56 Å². The zero-order valence-electron chi connectivity index (χ0n) is 19.4. The van der Waals surface area contributed by atoms with Crippen molar-refractivity contribution in [3.8, 4) is 0 Å². The average Bonchev–Trinajstić information content (AvgIpc) is 2.86. The molecule has 7 heteroatoms. The van der Waals surface area contributed by atoms with E-state index in [4.69, 9.17) is 4.74 Å². The van der Waals surface area contributed by atoms with Crippen molar-refractivity contribution in [2.75, 3.05) is 66.1 Å². The van der Waals surface area contributed by atoms with Crippen molar-refractivity contribution in [3.63, 3.8) is 0 Å². The lowest BCUT2D eigenvalue weighted by atomic mass is 10.0. The summed E-state index contributed by atoms with van der Waals surface area (Å²) in [6.07, 6.45) is 0. The summed E-state index contributed by atoms with van der Waals surface area (Å²) in [6, 6.07) is 19.7. The summed E-state index contributed by atoms with van der Waals surface area (Å²) < 4.78 is 5.41. The molecule has 2 fully saturated rings. The van der Waals surface area contributed by atoms with E-state index in [2.05, 4.69) is 29.2 Å². The lowest BCUT2D eigenvalue weighted by molar-refractivity contribution is -0.143. The Morgan fingerprint density at radius 3 is 2.09 bits per heavy atom. The number of piperazine rings is 1. The van der Waals surface area contributed by atoms with E-state index in [-0.39, 0.29) is 18.4 Å². The molecule has 0 unspecified atom stereocenters. The van der Waals surface area contributed by atoms with Crippen LogP contribution in [0.5, 0.6) is 0 Å². The summed E-state index contributed by atoms with van der Waals surface area (Å²) in [5.74, 6) is 0.111. The van der Waals surface area contributed by atoms with Crippen LogP contribution in [0.3, 0.4) is 0 Å². The minimum absolute atomic E-state index is 0.0347. The molecule has 0 saturated carbocycles. The molecule has 2 amide bonds. The molecular formula is C26H34N4O3. The zero-order chi connectivity index (χ0) is 23.0. The highest BCUT2D eigenvalue weighted by molar-refractivity contribution is 5.85. The van der Waals surface area contributed by atoms with E-state index in [9.17, 15) is 9.59 Å². The van der Waals surface area contributed by atoms with Gasteiger partial charge in [-0.1, -0.05) is 60.7 Å². The van der Waals surface area contributed by atoms with Crippen LogP contribution in [0, 0.1) is 0 Å². The van der Waals surface area contributed by atoms with Gasteiger partial charge in [-0.25, -0.2) is 0 Å². The second kappa shape index (κ2) is 11.4. The fraction of sp³-hybridized carbons (Fsp3) is 0.462. The van der Waals surface area contributed by atoms with Gasteiger partial charge in [-0.05, 0) is 18.2 Å². The molecule has 2 heterocycles. The molecule has 33 heavy (non-hydrogen) atoms. The molecule has 2 aromatic rings. The van der Waals surface area contributed by atoms with Crippen LogP contribution in [0.1, 0.15) is 17.2 Å². The lowest BCUT2D eigenvalue weighted by Gasteiger charge is -2.37. The molecule has 0 bridgehead atoms. The first kappa shape index (κ1) is 23.4. The Bertz CT molecular complexity index is 894. The molecule has 0 radical (unpaired) electrons. The van der Waals surface area contributed by atoms with Crippen molar-refractivity contribution in [3.05, 3.63) is 71.8 Å². The average molecular weight is 451 g/mol. The summed E-state index contributed by atoms with van der Waals surface area (Å²) in [4.78, 5) is 34.6. The maximum absolute atomic E-state index is 13.4. The number of carbonyl (C=O) groups is 2. The van der Waals surface area contributed by atoms with Gasteiger partial charge in [-0.15, -0.1) is 0 Å². The molecular weight excluding hydrogens is 416 g/mol. The van der Waals surface area contributed by atoms with Crippen LogP contribution in [-0.4, -0.2) is 97.5 Å². The quantitative estimate of drug-likeness (QED) is 0.645. The predicted octanol–water partition coefficient (Wildman–Crippen LogP) is 1.86. The van der Waals surface area contributed by atoms with E-state index in [0.717, 1.165) is 25.2 Å². The van der Waals surface area contributed by atoms with E-state index in [1.54, 1.807) is 0 Å². The van der Waals surface area contributed by atoms with Crippen molar-refractivity contribution in [1.29, 1.82) is 0 Å². The van der Waals surface area contributed by atoms with E-state index in [1.807, 2.05) is 58.1 Å². The van der Waals surface area contributed by atoms with Crippen molar-refractivity contribution in [2.45, 2.75) is 12.6 Å². The first-order valence-electron chi connectivity index (χ1n) is 11.8. The third-order valence-electron chi connectivity index (χ3n) is 6.47. The van der Waals surface area contributed by atoms with Gasteiger partial charge in [0, 0.05) is 45.8 Å². The van der Waals surface area contributed by atoms with Crippen LogP contribution in [0.4, 0.5) is 0 Å². The van der Waals surface area contributed by atoms with Crippen LogP contribution in [0.2, 0.25) is 0 Å². The summed E-state index contributed by atoms with van der Waals surface area (Å²) >= 11 is 0. The van der Waals surface area contributed by atoms with Gasteiger partial charge in [0.25, 0.3) is 0 Å². The Labute approximate surface area is 196 Å². The minimum Gasteiger partial charge on any atom is -0.378 e. The SMILES string of the molecule is CN(CC(=O)N1CCN(Cc2ccccc2)CC1)[C@@H](C(=O)N1CCOCC1)c1ccccc1. The van der Waals surface area contributed by atoms with E-state index >= 15 is 0 Å². The number of likely N-dealkylation sites (N-methyl/N-ethyl adjacent to an activating group) is 1. The fourth-order valence-corrected chi connectivity index (χ4v) is 4.58. The molecule has 176 valence electrons. The molecule has 0 aliphatic carbocycles. The summed E-state index contributed by atoms with van der Waals surface area (Å²) in [6.45, 7) is 6.58. The Hall–Kier alpha value is -2.74. The minimum atomic E-state index is -0.479. The third-order valence-corrected chi connectivity index (χ3v) is 6.47. The molecule has 0 aromatic heterocycles. The molecule has 1 atom stereocenters. The number of nitrogens with zero attached hydrogens (tertiary/aromatic N) is 4. The summed E-state index contributed by atoms with van der Waals surface area (Å²) in [5.41, 5.74) is 2.21. The van der Waals surface area contributed by atoms with Gasteiger partial charge in [0.15, 0.2) is 0 Å². The number of rotatable bonds is 7. The van der Waals surface area contributed by atoms with Crippen molar-refractivity contribution in [2.24, 2.45) is 0 Å². The molecule has 2 saturated heterocycles. The topological polar surface area (TPSA) is 56.3 Å². The highest BCUT2D eigenvalue weighted by atomic mass is 16.5. The number of hydrogen-bond donors (Lipinski definition) is 0. The third kappa shape index (κ3) is 6.19. The first-order valence-corrected chi connectivity index (χ1v) is 11.8. The second-order valence-electron chi connectivity index (χ2n) is 8.81. The highest BCUT2D eigenvalue weighted by Gasteiger charge is 2.32. The summed E-state index contributed by atoms with van der Waals surface area (Å²) in [7, 11) is 1.87. The maximum Gasteiger partial charge on any atom is 0.244 e. The number of benzene rings is 2. The standard InChI is InChI=1S/C26H34N4O3/c1-27(25(23-10-6-3-7-11-23)26(32)30-16-18-33-19-17-30)21-24(31)29-14-12-28(13-15-29)20-22-8-4-2-5-9-22/h2-11,25H,12-21H2,1H3/t25-/m1/s1. The number of hydrogen-bond acceptors (Lipinski definition) is 5. The van der Waals surface area contributed by atoms with Crippen molar-refractivity contribution >= 4 is 11.8 Å². The number of amides is 2. The molecule has 4 rings (SSSR count). The van der Waals surface area contributed by atoms with Gasteiger partial charge >= 0.3 is 0 Å². The van der Waals surface area contributed by atoms with Crippen LogP contribution < -0.4 is 0 Å². The van der Waals surface area contributed by atoms with E-state index < -0.39 is 6.04 Å². The molecule has 0 spiro atoms. The van der Waals surface area contributed by atoms with Crippen LogP contribution >= 0.6 is 0 Å². The molecule has 0 N–H and O–H groups in total. The molecule has 2 aliphatic rings.